The molecule has 2 aromatic rings. The smallest absolute Gasteiger partial charge is 0.331 e. The Morgan fingerprint density at radius 3 is 2.72 bits per heavy atom. The lowest BCUT2D eigenvalue weighted by Crippen LogP contribution is -2.28. The maximum absolute atomic E-state index is 11.8. The number of nitrogens with one attached hydrogen (secondary N) is 1. The van der Waals surface area contributed by atoms with E-state index in [0.717, 1.165) is 15.6 Å². The van der Waals surface area contributed by atoms with Gasteiger partial charge in [-0.15, -0.1) is 0 Å². The quantitative estimate of drug-likeness (QED) is 0.568. The summed E-state index contributed by atoms with van der Waals surface area (Å²) in [5, 5.41) is 2.68. The Morgan fingerprint density at radius 1 is 1.16 bits per heavy atom. The number of amides is 1. The van der Waals surface area contributed by atoms with Crippen LogP contribution in [-0.4, -0.2) is 25.6 Å². The summed E-state index contributed by atoms with van der Waals surface area (Å²) in [4.78, 5) is 23.4. The van der Waals surface area contributed by atoms with Crippen LogP contribution in [0.2, 0.25) is 0 Å². The molecule has 0 aliphatic carbocycles. The Labute approximate surface area is 154 Å². The van der Waals surface area contributed by atoms with E-state index in [-0.39, 0.29) is 12.5 Å². The van der Waals surface area contributed by atoms with Crippen LogP contribution in [-0.2, 0) is 20.9 Å². The number of methoxy groups -OCH3 is 1. The van der Waals surface area contributed by atoms with Crippen LogP contribution in [0.25, 0.3) is 6.08 Å². The molecule has 0 aromatic heterocycles. The van der Waals surface area contributed by atoms with Crippen LogP contribution in [0.5, 0.6) is 5.75 Å². The summed E-state index contributed by atoms with van der Waals surface area (Å²) in [5.74, 6) is -0.265. The van der Waals surface area contributed by atoms with E-state index >= 15 is 0 Å². The third-order valence-corrected chi connectivity index (χ3v) is 3.77. The van der Waals surface area contributed by atoms with Gasteiger partial charge in [0.2, 0.25) is 0 Å². The number of para-hydroxylation sites is 1. The van der Waals surface area contributed by atoms with Crippen LogP contribution in [0, 0.1) is 0 Å². The highest BCUT2D eigenvalue weighted by molar-refractivity contribution is 9.10. The van der Waals surface area contributed by atoms with Crippen molar-refractivity contribution in [2.24, 2.45) is 0 Å². The number of esters is 1. The number of carbonyl (C=O) groups is 2. The first-order chi connectivity index (χ1) is 12.1. The monoisotopic (exact) mass is 403 g/mol. The molecule has 0 spiro atoms. The first kappa shape index (κ1) is 18.7. The molecule has 0 saturated carbocycles. The number of rotatable bonds is 7. The lowest BCUT2D eigenvalue weighted by molar-refractivity contribution is -0.143. The standard InChI is InChI=1S/C19H18BrNO4/c1-24-17-8-3-2-6-15(17)12-21-18(22)13-25-19(23)10-9-14-5-4-7-16(20)11-14/h2-11H,12-13H2,1H3,(H,21,22). The molecule has 25 heavy (non-hydrogen) atoms. The van der Waals surface area contributed by atoms with Crippen molar-refractivity contribution in [3.8, 4) is 5.75 Å². The molecule has 0 heterocycles. The molecular formula is C19H18BrNO4. The fourth-order valence-electron chi connectivity index (χ4n) is 2.05. The van der Waals surface area contributed by atoms with Gasteiger partial charge in [-0.3, -0.25) is 4.79 Å². The predicted molar refractivity (Wildman–Crippen MR) is 99.0 cm³/mol. The van der Waals surface area contributed by atoms with Crippen LogP contribution < -0.4 is 10.1 Å². The topological polar surface area (TPSA) is 64.6 Å². The van der Waals surface area contributed by atoms with Gasteiger partial charge in [0.1, 0.15) is 5.75 Å². The summed E-state index contributed by atoms with van der Waals surface area (Å²) in [5.41, 5.74) is 1.70. The van der Waals surface area contributed by atoms with Gasteiger partial charge in [0, 0.05) is 22.7 Å². The summed E-state index contributed by atoms with van der Waals surface area (Å²) in [6.07, 6.45) is 2.91. The molecule has 5 nitrogen and oxygen atoms in total. The Hall–Kier alpha value is -2.60. The van der Waals surface area contributed by atoms with Gasteiger partial charge in [-0.1, -0.05) is 46.3 Å². The molecule has 1 N–H and O–H groups in total. The van der Waals surface area contributed by atoms with E-state index in [9.17, 15) is 9.59 Å². The van der Waals surface area contributed by atoms with E-state index in [1.165, 1.54) is 6.08 Å². The summed E-state index contributed by atoms with van der Waals surface area (Å²) in [7, 11) is 1.57. The third-order valence-electron chi connectivity index (χ3n) is 3.27. The largest absolute Gasteiger partial charge is 0.496 e. The minimum atomic E-state index is -0.576. The summed E-state index contributed by atoms with van der Waals surface area (Å²) < 4.78 is 11.0. The molecule has 2 aromatic carbocycles. The molecule has 1 amide bonds. The van der Waals surface area contributed by atoms with Crippen LogP contribution in [0.3, 0.4) is 0 Å². The molecule has 2 rings (SSSR count). The Balaban J connectivity index is 1.76. The van der Waals surface area contributed by atoms with Gasteiger partial charge in [-0.25, -0.2) is 4.79 Å². The lowest BCUT2D eigenvalue weighted by atomic mass is 10.2. The van der Waals surface area contributed by atoms with Gasteiger partial charge >= 0.3 is 5.97 Å². The van der Waals surface area contributed by atoms with Crippen molar-refractivity contribution >= 4 is 33.9 Å². The van der Waals surface area contributed by atoms with Crippen molar-refractivity contribution in [3.63, 3.8) is 0 Å². The molecule has 0 saturated heterocycles. The van der Waals surface area contributed by atoms with E-state index in [1.54, 1.807) is 13.2 Å². The van der Waals surface area contributed by atoms with Crippen molar-refractivity contribution in [2.45, 2.75) is 6.54 Å². The van der Waals surface area contributed by atoms with Gasteiger partial charge in [-0.2, -0.15) is 0 Å². The molecule has 130 valence electrons. The van der Waals surface area contributed by atoms with E-state index in [1.807, 2.05) is 48.5 Å². The Kier molecular flexibility index (Phi) is 7.22. The molecule has 0 aliphatic rings. The van der Waals surface area contributed by atoms with Crippen molar-refractivity contribution in [3.05, 3.63) is 70.2 Å². The second kappa shape index (κ2) is 9.64. The second-order valence-electron chi connectivity index (χ2n) is 5.08. The minimum absolute atomic E-state index is 0.300. The molecule has 0 unspecified atom stereocenters. The van der Waals surface area contributed by atoms with Crippen molar-refractivity contribution in [2.75, 3.05) is 13.7 Å². The first-order valence-corrected chi connectivity index (χ1v) is 8.37. The van der Waals surface area contributed by atoms with Crippen molar-refractivity contribution in [1.29, 1.82) is 0 Å². The SMILES string of the molecule is COc1ccccc1CNC(=O)COC(=O)C=Cc1cccc(Br)c1. The Bertz CT molecular complexity index is 774. The van der Waals surface area contributed by atoms with E-state index in [4.69, 9.17) is 9.47 Å². The zero-order chi connectivity index (χ0) is 18.1. The number of hydrogen-bond donors (Lipinski definition) is 1. The maximum atomic E-state index is 11.8. The molecule has 0 fully saturated rings. The lowest BCUT2D eigenvalue weighted by Gasteiger charge is -2.09. The van der Waals surface area contributed by atoms with Gasteiger partial charge < -0.3 is 14.8 Å². The first-order valence-electron chi connectivity index (χ1n) is 7.57. The highest BCUT2D eigenvalue weighted by Crippen LogP contribution is 2.16. The highest BCUT2D eigenvalue weighted by atomic mass is 79.9. The molecule has 6 heteroatoms. The fraction of sp³-hybridized carbons (Fsp3) is 0.158. The normalized spacial score (nSPS) is 10.5. The van der Waals surface area contributed by atoms with Crippen LogP contribution in [0.15, 0.2) is 59.1 Å². The highest BCUT2D eigenvalue weighted by Gasteiger charge is 2.07. The minimum Gasteiger partial charge on any atom is -0.496 e. The Morgan fingerprint density at radius 2 is 1.96 bits per heavy atom. The number of halogens is 1. The van der Waals surface area contributed by atoms with Crippen LogP contribution in [0.1, 0.15) is 11.1 Å². The van der Waals surface area contributed by atoms with E-state index in [2.05, 4.69) is 21.2 Å². The number of carbonyl (C=O) groups excluding carboxylic acids is 2. The number of benzene rings is 2. The summed E-state index contributed by atoms with van der Waals surface area (Å²) >= 11 is 3.35. The van der Waals surface area contributed by atoms with Crippen LogP contribution >= 0.6 is 15.9 Å². The fourth-order valence-corrected chi connectivity index (χ4v) is 2.47. The molecular weight excluding hydrogens is 386 g/mol. The average Bonchev–Trinajstić information content (AvgIpc) is 2.63. The second-order valence-corrected chi connectivity index (χ2v) is 6.00. The molecule has 0 aliphatic heterocycles. The van der Waals surface area contributed by atoms with E-state index < -0.39 is 5.97 Å². The zero-order valence-electron chi connectivity index (χ0n) is 13.7. The number of ether oxygens (including phenoxy) is 2. The number of hydrogen-bond acceptors (Lipinski definition) is 4. The summed E-state index contributed by atoms with van der Waals surface area (Å²) in [6, 6.07) is 14.8. The maximum Gasteiger partial charge on any atom is 0.331 e. The van der Waals surface area contributed by atoms with E-state index in [0.29, 0.717) is 12.3 Å². The predicted octanol–water partition coefficient (Wildman–Crippen LogP) is 3.33. The summed E-state index contributed by atoms with van der Waals surface area (Å²) in [6.45, 7) is -0.0366. The third kappa shape index (κ3) is 6.43. The van der Waals surface area contributed by atoms with Crippen LogP contribution in [0.4, 0.5) is 0 Å². The van der Waals surface area contributed by atoms with Crippen molar-refractivity contribution in [1.82, 2.24) is 5.32 Å². The van der Waals surface area contributed by atoms with Gasteiger partial charge in [0.25, 0.3) is 5.91 Å². The van der Waals surface area contributed by atoms with Gasteiger partial charge in [0.15, 0.2) is 6.61 Å². The van der Waals surface area contributed by atoms with Gasteiger partial charge in [-0.05, 0) is 29.8 Å². The molecule has 0 bridgehead atoms. The molecule has 0 atom stereocenters. The zero-order valence-corrected chi connectivity index (χ0v) is 15.3. The molecule has 0 radical (unpaired) electrons. The van der Waals surface area contributed by atoms with Gasteiger partial charge in [0.05, 0.1) is 7.11 Å². The van der Waals surface area contributed by atoms with Crippen molar-refractivity contribution < 1.29 is 19.1 Å². The average molecular weight is 404 g/mol.